The Labute approximate surface area is 130 Å². The summed E-state index contributed by atoms with van der Waals surface area (Å²) < 4.78 is 5.78. The van der Waals surface area contributed by atoms with E-state index in [0.29, 0.717) is 12.1 Å². The van der Waals surface area contributed by atoms with Crippen LogP contribution in [-0.2, 0) is 4.74 Å². The number of ether oxygens (including phenoxy) is 1. The molecule has 1 N–H and O–H groups in total. The van der Waals surface area contributed by atoms with Crippen LogP contribution in [-0.4, -0.2) is 47.7 Å². The summed E-state index contributed by atoms with van der Waals surface area (Å²) in [5, 5.41) is 8.89. The fourth-order valence-corrected chi connectivity index (χ4v) is 2.66. The van der Waals surface area contributed by atoms with Gasteiger partial charge in [-0.25, -0.2) is 4.79 Å². The van der Waals surface area contributed by atoms with Gasteiger partial charge >= 0.3 is 5.97 Å². The molecular weight excluding hydrogens is 282 g/mol. The van der Waals surface area contributed by atoms with Gasteiger partial charge in [-0.1, -0.05) is 6.92 Å². The van der Waals surface area contributed by atoms with E-state index in [-0.39, 0.29) is 17.6 Å². The number of aromatic carboxylic acids is 1. The number of likely N-dealkylation sites (tertiary alicyclic amines) is 1. The Kier molecular flexibility index (Phi) is 5.95. The average Bonchev–Trinajstić information content (AvgIpc) is 2.78. The molecule has 1 aromatic rings. The number of carbonyl (C=O) groups is 2. The molecule has 1 amide bonds. The largest absolute Gasteiger partial charge is 0.478 e. The van der Waals surface area contributed by atoms with Gasteiger partial charge in [-0.3, -0.25) is 4.79 Å². The highest BCUT2D eigenvalue weighted by molar-refractivity contribution is 5.95. The predicted octanol–water partition coefficient (Wildman–Crippen LogP) is 2.81. The first-order valence-corrected chi connectivity index (χ1v) is 7.86. The summed E-state index contributed by atoms with van der Waals surface area (Å²) in [6.07, 6.45) is 4.04. The second-order valence-electron chi connectivity index (χ2n) is 5.60. The van der Waals surface area contributed by atoms with Gasteiger partial charge in [-0.15, -0.1) is 0 Å². The zero-order chi connectivity index (χ0) is 15.9. The van der Waals surface area contributed by atoms with E-state index in [1.165, 1.54) is 12.1 Å². The van der Waals surface area contributed by atoms with Crippen molar-refractivity contribution in [2.75, 3.05) is 19.7 Å². The minimum atomic E-state index is -0.982. The Morgan fingerprint density at radius 1 is 1.18 bits per heavy atom. The second kappa shape index (κ2) is 7.94. The number of nitrogens with zero attached hydrogens (tertiary/aromatic N) is 1. The van der Waals surface area contributed by atoms with E-state index in [4.69, 9.17) is 9.84 Å². The highest BCUT2D eigenvalue weighted by atomic mass is 16.5. The molecule has 5 heteroatoms. The molecule has 120 valence electrons. The van der Waals surface area contributed by atoms with Gasteiger partial charge in [0, 0.05) is 25.3 Å². The number of hydrogen-bond acceptors (Lipinski definition) is 3. The van der Waals surface area contributed by atoms with E-state index in [2.05, 4.69) is 6.92 Å². The lowest BCUT2D eigenvalue weighted by molar-refractivity contribution is 0.0432. The summed E-state index contributed by atoms with van der Waals surface area (Å²) in [5.74, 6) is -1.02. The van der Waals surface area contributed by atoms with Gasteiger partial charge in [0.15, 0.2) is 0 Å². The average molecular weight is 305 g/mol. The summed E-state index contributed by atoms with van der Waals surface area (Å²) in [5.41, 5.74) is 0.735. The molecule has 0 bridgehead atoms. The molecule has 1 heterocycles. The van der Waals surface area contributed by atoms with Gasteiger partial charge in [-0.05, 0) is 49.9 Å². The molecule has 0 saturated carbocycles. The molecule has 0 radical (unpaired) electrons. The van der Waals surface area contributed by atoms with Gasteiger partial charge in [0.2, 0.25) is 0 Å². The first kappa shape index (κ1) is 16.5. The van der Waals surface area contributed by atoms with E-state index in [1.807, 2.05) is 4.90 Å². The molecule has 1 aliphatic heterocycles. The van der Waals surface area contributed by atoms with E-state index >= 15 is 0 Å². The van der Waals surface area contributed by atoms with E-state index in [9.17, 15) is 9.59 Å². The first-order valence-electron chi connectivity index (χ1n) is 7.86. The van der Waals surface area contributed by atoms with Gasteiger partial charge in [0.05, 0.1) is 11.7 Å². The Morgan fingerprint density at radius 2 is 1.86 bits per heavy atom. The van der Waals surface area contributed by atoms with Crippen LogP contribution in [0.5, 0.6) is 0 Å². The van der Waals surface area contributed by atoms with Gasteiger partial charge in [0.1, 0.15) is 0 Å². The second-order valence-corrected chi connectivity index (χ2v) is 5.60. The maximum absolute atomic E-state index is 12.5. The molecule has 1 atom stereocenters. The zero-order valence-corrected chi connectivity index (χ0v) is 13.0. The standard InChI is InChI=1S/C17H23NO4/c1-2-12-22-15-4-3-10-18(11-9-15)16(19)13-5-7-14(8-6-13)17(20)21/h5-8,15H,2-4,9-12H2,1H3,(H,20,21)/t15-/m0/s1. The fourth-order valence-electron chi connectivity index (χ4n) is 2.66. The van der Waals surface area contributed by atoms with Gasteiger partial charge in [0.25, 0.3) is 5.91 Å². The number of carboxylic acid groups (broad SMARTS) is 1. The summed E-state index contributed by atoms with van der Waals surface area (Å²) in [7, 11) is 0. The monoisotopic (exact) mass is 305 g/mol. The topological polar surface area (TPSA) is 66.8 Å². The van der Waals surface area contributed by atoms with Crippen molar-refractivity contribution in [3.8, 4) is 0 Å². The molecule has 1 saturated heterocycles. The predicted molar refractivity (Wildman–Crippen MR) is 83.2 cm³/mol. The molecule has 0 aliphatic carbocycles. The van der Waals surface area contributed by atoms with Crippen LogP contribution in [0.15, 0.2) is 24.3 Å². The van der Waals surface area contributed by atoms with Crippen molar-refractivity contribution in [3.05, 3.63) is 35.4 Å². The lowest BCUT2D eigenvalue weighted by atomic mass is 10.1. The molecule has 2 rings (SSSR count). The van der Waals surface area contributed by atoms with Crippen LogP contribution in [0.1, 0.15) is 53.3 Å². The van der Waals surface area contributed by atoms with Crippen molar-refractivity contribution in [1.29, 1.82) is 0 Å². The smallest absolute Gasteiger partial charge is 0.335 e. The maximum atomic E-state index is 12.5. The van der Waals surface area contributed by atoms with Crippen molar-refractivity contribution >= 4 is 11.9 Å². The number of carboxylic acids is 1. The highest BCUT2D eigenvalue weighted by Gasteiger charge is 2.22. The normalized spacial score (nSPS) is 18.8. The first-order chi connectivity index (χ1) is 10.6. The quantitative estimate of drug-likeness (QED) is 0.908. The third-order valence-electron chi connectivity index (χ3n) is 3.90. The van der Waals surface area contributed by atoms with E-state index < -0.39 is 5.97 Å². The van der Waals surface area contributed by atoms with Crippen LogP contribution in [0.25, 0.3) is 0 Å². The lowest BCUT2D eigenvalue weighted by Gasteiger charge is -2.21. The fraction of sp³-hybridized carbons (Fsp3) is 0.529. The molecule has 5 nitrogen and oxygen atoms in total. The van der Waals surface area contributed by atoms with Crippen molar-refractivity contribution in [2.45, 2.75) is 38.7 Å². The van der Waals surface area contributed by atoms with Crippen LogP contribution < -0.4 is 0 Å². The number of benzene rings is 1. The molecule has 0 spiro atoms. The van der Waals surface area contributed by atoms with Gasteiger partial charge in [-0.2, -0.15) is 0 Å². The number of rotatable bonds is 5. The summed E-state index contributed by atoms with van der Waals surface area (Å²) in [6.45, 7) is 4.28. The van der Waals surface area contributed by atoms with E-state index in [0.717, 1.165) is 38.8 Å². The molecule has 1 aliphatic rings. The van der Waals surface area contributed by atoms with Crippen LogP contribution in [0.4, 0.5) is 0 Å². The maximum Gasteiger partial charge on any atom is 0.335 e. The highest BCUT2D eigenvalue weighted by Crippen LogP contribution is 2.17. The van der Waals surface area contributed by atoms with E-state index in [1.54, 1.807) is 12.1 Å². The molecule has 0 unspecified atom stereocenters. The summed E-state index contributed by atoms with van der Waals surface area (Å²) in [6, 6.07) is 6.12. The Balaban J connectivity index is 1.96. The van der Waals surface area contributed by atoms with Crippen molar-refractivity contribution in [3.63, 3.8) is 0 Å². The zero-order valence-electron chi connectivity index (χ0n) is 13.0. The molecule has 0 aromatic heterocycles. The molecule has 1 fully saturated rings. The Hall–Kier alpha value is -1.88. The minimum absolute atomic E-state index is 0.0342. The third-order valence-corrected chi connectivity index (χ3v) is 3.90. The molecule has 1 aromatic carbocycles. The van der Waals surface area contributed by atoms with Crippen molar-refractivity contribution < 1.29 is 19.4 Å². The number of amides is 1. The van der Waals surface area contributed by atoms with Crippen LogP contribution >= 0.6 is 0 Å². The SMILES string of the molecule is CCCO[C@H]1CCCN(C(=O)c2ccc(C(=O)O)cc2)CC1. The Morgan fingerprint density at radius 3 is 2.50 bits per heavy atom. The number of carbonyl (C=O) groups excluding carboxylic acids is 1. The van der Waals surface area contributed by atoms with Gasteiger partial charge < -0.3 is 14.7 Å². The minimum Gasteiger partial charge on any atom is -0.478 e. The Bertz CT molecular complexity index is 512. The van der Waals surface area contributed by atoms with Crippen LogP contribution in [0, 0.1) is 0 Å². The summed E-state index contributed by atoms with van der Waals surface area (Å²) in [4.78, 5) is 25.2. The number of hydrogen-bond donors (Lipinski definition) is 1. The lowest BCUT2D eigenvalue weighted by Crippen LogP contribution is -2.32. The van der Waals surface area contributed by atoms with Crippen molar-refractivity contribution in [1.82, 2.24) is 4.90 Å². The van der Waals surface area contributed by atoms with Crippen LogP contribution in [0.2, 0.25) is 0 Å². The molecular formula is C17H23NO4. The van der Waals surface area contributed by atoms with Crippen LogP contribution in [0.3, 0.4) is 0 Å². The van der Waals surface area contributed by atoms with Crippen molar-refractivity contribution in [2.24, 2.45) is 0 Å². The summed E-state index contributed by atoms with van der Waals surface area (Å²) >= 11 is 0. The molecule has 22 heavy (non-hydrogen) atoms. The third kappa shape index (κ3) is 4.31.